The van der Waals surface area contributed by atoms with Crippen LogP contribution in [0.25, 0.3) is 60.9 Å². The summed E-state index contributed by atoms with van der Waals surface area (Å²) < 4.78 is 2.38. The summed E-state index contributed by atoms with van der Waals surface area (Å²) in [4.78, 5) is 2.44. The van der Waals surface area contributed by atoms with Crippen molar-refractivity contribution in [2.75, 3.05) is 4.90 Å². The third-order valence-electron chi connectivity index (χ3n) is 11.2. The highest BCUT2D eigenvalue weighted by atomic mass is 15.1. The summed E-state index contributed by atoms with van der Waals surface area (Å²) in [5.41, 5.74) is 17.1. The normalized spacial score (nSPS) is 12.9. The molecule has 0 atom stereocenters. The Morgan fingerprint density at radius 3 is 1.79 bits per heavy atom. The molecule has 252 valence electrons. The number of fused-ring (bicyclic) bond motifs is 6. The van der Waals surface area contributed by atoms with Crippen LogP contribution in [0.2, 0.25) is 0 Å². The molecule has 2 heteroatoms. The molecule has 1 aliphatic rings. The molecule has 0 aliphatic heterocycles. The van der Waals surface area contributed by atoms with E-state index in [4.69, 9.17) is 0 Å². The van der Waals surface area contributed by atoms with Crippen molar-refractivity contribution in [2.45, 2.75) is 19.3 Å². The molecular weight excluding hydrogens is 641 g/mol. The topological polar surface area (TPSA) is 8.17 Å². The van der Waals surface area contributed by atoms with Crippen molar-refractivity contribution in [3.05, 3.63) is 205 Å². The van der Waals surface area contributed by atoms with E-state index in [-0.39, 0.29) is 5.41 Å². The molecule has 0 N–H and O–H groups in total. The molecule has 2 nitrogen and oxygen atoms in total. The summed E-state index contributed by atoms with van der Waals surface area (Å²) in [6, 6.07) is 70.8. The second kappa shape index (κ2) is 12.3. The van der Waals surface area contributed by atoms with Crippen LogP contribution < -0.4 is 4.90 Å². The first-order valence-corrected chi connectivity index (χ1v) is 18.4. The van der Waals surface area contributed by atoms with E-state index >= 15 is 0 Å². The van der Waals surface area contributed by atoms with Crippen molar-refractivity contribution in [1.82, 2.24) is 4.57 Å². The van der Waals surface area contributed by atoms with Crippen molar-refractivity contribution >= 4 is 38.9 Å². The molecule has 1 aliphatic carbocycles. The predicted octanol–water partition coefficient (Wildman–Crippen LogP) is 13.9. The van der Waals surface area contributed by atoms with Crippen molar-refractivity contribution in [3.63, 3.8) is 0 Å². The molecule has 10 rings (SSSR count). The Hall–Kier alpha value is -6.64. The number of para-hydroxylation sites is 2. The highest BCUT2D eigenvalue weighted by molar-refractivity contribution is 6.11. The van der Waals surface area contributed by atoms with Crippen LogP contribution in [0.3, 0.4) is 0 Å². The summed E-state index contributed by atoms with van der Waals surface area (Å²) >= 11 is 0. The third-order valence-corrected chi connectivity index (χ3v) is 11.2. The first kappa shape index (κ1) is 31.1. The van der Waals surface area contributed by atoms with Gasteiger partial charge in [0.1, 0.15) is 0 Å². The summed E-state index contributed by atoms with van der Waals surface area (Å²) in [6.07, 6.45) is 0. The Morgan fingerprint density at radius 2 is 1.00 bits per heavy atom. The maximum Gasteiger partial charge on any atom is 0.0542 e. The van der Waals surface area contributed by atoms with E-state index in [0.717, 1.165) is 22.7 Å². The van der Waals surface area contributed by atoms with Crippen LogP contribution in [0.15, 0.2) is 194 Å². The average Bonchev–Trinajstić information content (AvgIpc) is 3.67. The zero-order valence-corrected chi connectivity index (χ0v) is 29.9. The van der Waals surface area contributed by atoms with Crippen LogP contribution >= 0.6 is 0 Å². The van der Waals surface area contributed by atoms with E-state index in [1.165, 1.54) is 66.3 Å². The van der Waals surface area contributed by atoms with Gasteiger partial charge in [0.25, 0.3) is 0 Å². The lowest BCUT2D eigenvalue weighted by molar-refractivity contribution is 0.660. The van der Waals surface area contributed by atoms with Crippen LogP contribution in [0.5, 0.6) is 0 Å². The fourth-order valence-corrected chi connectivity index (χ4v) is 8.65. The van der Waals surface area contributed by atoms with Gasteiger partial charge in [0.05, 0.1) is 11.0 Å². The highest BCUT2D eigenvalue weighted by Gasteiger charge is 2.37. The van der Waals surface area contributed by atoms with Gasteiger partial charge < -0.3 is 9.47 Å². The van der Waals surface area contributed by atoms with Gasteiger partial charge in [-0.15, -0.1) is 0 Å². The number of rotatable bonds is 6. The number of hydrogen-bond donors (Lipinski definition) is 0. The fraction of sp³-hybridized carbons (Fsp3) is 0.0588. The summed E-state index contributed by atoms with van der Waals surface area (Å²) in [5, 5.41) is 2.47. The lowest BCUT2D eigenvalue weighted by Gasteiger charge is -2.28. The van der Waals surface area contributed by atoms with E-state index in [1.54, 1.807) is 0 Å². The van der Waals surface area contributed by atoms with Gasteiger partial charge in [0.2, 0.25) is 0 Å². The minimum Gasteiger partial charge on any atom is -0.310 e. The highest BCUT2D eigenvalue weighted by Crippen LogP contribution is 2.54. The van der Waals surface area contributed by atoms with Gasteiger partial charge in [-0.25, -0.2) is 0 Å². The minimum atomic E-state index is -0.121. The van der Waals surface area contributed by atoms with Crippen molar-refractivity contribution in [3.8, 4) is 39.1 Å². The number of anilines is 3. The van der Waals surface area contributed by atoms with Crippen molar-refractivity contribution in [1.29, 1.82) is 0 Å². The second-order valence-electron chi connectivity index (χ2n) is 14.6. The lowest BCUT2D eigenvalue weighted by atomic mass is 9.82. The van der Waals surface area contributed by atoms with Crippen LogP contribution in [-0.4, -0.2) is 4.57 Å². The Balaban J connectivity index is 1.21. The first-order valence-electron chi connectivity index (χ1n) is 18.4. The smallest absolute Gasteiger partial charge is 0.0542 e. The van der Waals surface area contributed by atoms with E-state index in [0.29, 0.717) is 0 Å². The van der Waals surface area contributed by atoms with Crippen molar-refractivity contribution in [2.24, 2.45) is 0 Å². The molecule has 0 unspecified atom stereocenters. The number of nitrogens with zero attached hydrogens (tertiary/aromatic N) is 2. The molecule has 0 bridgehead atoms. The van der Waals surface area contributed by atoms with Crippen molar-refractivity contribution < 1.29 is 0 Å². The predicted molar refractivity (Wildman–Crippen MR) is 224 cm³/mol. The van der Waals surface area contributed by atoms with Crippen LogP contribution in [0, 0.1) is 0 Å². The largest absolute Gasteiger partial charge is 0.310 e. The first-order chi connectivity index (χ1) is 26.1. The molecule has 0 saturated carbocycles. The maximum atomic E-state index is 2.44. The Morgan fingerprint density at radius 1 is 0.396 bits per heavy atom. The van der Waals surface area contributed by atoms with E-state index in [9.17, 15) is 0 Å². The molecule has 0 saturated heterocycles. The molecule has 0 radical (unpaired) electrons. The molecule has 8 aromatic carbocycles. The van der Waals surface area contributed by atoms with Crippen LogP contribution in [0.4, 0.5) is 17.1 Å². The number of hydrogen-bond acceptors (Lipinski definition) is 1. The molecule has 0 fully saturated rings. The van der Waals surface area contributed by atoms with E-state index in [1.807, 2.05) is 0 Å². The number of aromatic nitrogens is 1. The maximum absolute atomic E-state index is 2.44. The van der Waals surface area contributed by atoms with E-state index in [2.05, 4.69) is 217 Å². The van der Waals surface area contributed by atoms with Gasteiger partial charge in [-0.1, -0.05) is 147 Å². The molecule has 0 amide bonds. The SMILES string of the molecule is CC1(C)c2ccc(N(c3cccc(-c4ccccc4)c3)c3ccc4c(c3)c3ccccc3n4-c3ccccc3)cc2-c2c(-c3ccccc3)cccc21. The second-order valence-corrected chi connectivity index (χ2v) is 14.6. The Labute approximate surface area is 310 Å². The monoisotopic (exact) mass is 678 g/mol. The average molecular weight is 679 g/mol. The number of benzene rings is 8. The summed E-state index contributed by atoms with van der Waals surface area (Å²) in [7, 11) is 0. The summed E-state index contributed by atoms with van der Waals surface area (Å²) in [6.45, 7) is 4.73. The standard InChI is InChI=1S/C51H38N2/c1-51(2)46-30-28-40(34-45(46)50-42(25-15-26-47(50)51)36-18-8-4-9-19-36)52(39-23-14-20-37(32-39)35-16-6-3-7-17-35)41-29-31-49-44(33-41)43-24-12-13-27-48(43)53(49)38-21-10-5-11-22-38/h3-34H,1-2H3. The van der Waals surface area contributed by atoms with Gasteiger partial charge in [-0.2, -0.15) is 0 Å². The van der Waals surface area contributed by atoms with Gasteiger partial charge in [0.15, 0.2) is 0 Å². The molecular formula is C51H38N2. The van der Waals surface area contributed by atoms with E-state index < -0.39 is 0 Å². The quantitative estimate of drug-likeness (QED) is 0.170. The molecule has 0 spiro atoms. The van der Waals surface area contributed by atoms with Gasteiger partial charge in [-0.3, -0.25) is 0 Å². The molecule has 53 heavy (non-hydrogen) atoms. The van der Waals surface area contributed by atoms with Gasteiger partial charge >= 0.3 is 0 Å². The zero-order chi connectivity index (χ0) is 35.5. The fourth-order valence-electron chi connectivity index (χ4n) is 8.65. The zero-order valence-electron chi connectivity index (χ0n) is 29.9. The summed E-state index contributed by atoms with van der Waals surface area (Å²) in [5.74, 6) is 0. The Bertz CT molecular complexity index is 2790. The molecule has 9 aromatic rings. The van der Waals surface area contributed by atoms with Crippen LogP contribution in [-0.2, 0) is 5.41 Å². The van der Waals surface area contributed by atoms with Gasteiger partial charge in [0, 0.05) is 38.9 Å². The third kappa shape index (κ3) is 5.02. The molecule has 1 aromatic heterocycles. The minimum absolute atomic E-state index is 0.121. The van der Waals surface area contributed by atoms with Gasteiger partial charge in [-0.05, 0) is 105 Å². The molecule has 1 heterocycles. The Kier molecular flexibility index (Phi) is 7.19. The lowest BCUT2D eigenvalue weighted by Crippen LogP contribution is -2.15. The van der Waals surface area contributed by atoms with Crippen LogP contribution in [0.1, 0.15) is 25.0 Å².